The van der Waals surface area contributed by atoms with Gasteiger partial charge in [-0.25, -0.2) is 4.79 Å². The summed E-state index contributed by atoms with van der Waals surface area (Å²) in [5.74, 6) is -4.20. The monoisotopic (exact) mass is 617 g/mol. The van der Waals surface area contributed by atoms with Crippen molar-refractivity contribution in [2.75, 3.05) is 6.54 Å². The molecule has 0 spiro atoms. The zero-order chi connectivity index (χ0) is 32.8. The molecule has 0 aliphatic rings. The number of nitrogens with one attached hydrogen (secondary N) is 4. The van der Waals surface area contributed by atoms with Crippen molar-refractivity contribution < 1.29 is 34.2 Å². The fourth-order valence-corrected chi connectivity index (χ4v) is 4.53. The molecule has 5 atom stereocenters. The van der Waals surface area contributed by atoms with Crippen molar-refractivity contribution in [3.63, 3.8) is 0 Å². The SMILES string of the molecule is C[C@@H](O)[C@H](NC(=O)[C@@H](N)Cc1ccccc1)C(=O)NCC(=O)N[C@@H](Cc1ccccc1)C(=O)N[C@@H](Cc1ccccc1)C(=O)O. The molecule has 0 unspecified atom stereocenters. The van der Waals surface area contributed by atoms with E-state index in [1.54, 1.807) is 84.9 Å². The van der Waals surface area contributed by atoms with Gasteiger partial charge in [-0.3, -0.25) is 19.2 Å². The fourth-order valence-electron chi connectivity index (χ4n) is 4.53. The first-order valence-electron chi connectivity index (χ1n) is 14.5. The minimum Gasteiger partial charge on any atom is -0.480 e. The van der Waals surface area contributed by atoms with E-state index in [9.17, 15) is 34.2 Å². The number of aliphatic hydroxyl groups excluding tert-OH is 1. The number of carboxylic acid groups (broad SMARTS) is 1. The van der Waals surface area contributed by atoms with Crippen LogP contribution in [0.25, 0.3) is 0 Å². The van der Waals surface area contributed by atoms with Gasteiger partial charge in [-0.1, -0.05) is 91.0 Å². The Hall–Kier alpha value is -5.07. The lowest BCUT2D eigenvalue weighted by molar-refractivity contribution is -0.142. The van der Waals surface area contributed by atoms with Gasteiger partial charge >= 0.3 is 5.97 Å². The summed E-state index contributed by atoms with van der Waals surface area (Å²) in [4.78, 5) is 63.6. The summed E-state index contributed by atoms with van der Waals surface area (Å²) in [6, 6.07) is 21.9. The molecule has 0 aliphatic carbocycles. The summed E-state index contributed by atoms with van der Waals surface area (Å²) >= 11 is 0. The van der Waals surface area contributed by atoms with Gasteiger partial charge in [0.1, 0.15) is 18.1 Å². The van der Waals surface area contributed by atoms with Crippen molar-refractivity contribution in [3.8, 4) is 0 Å². The number of carbonyl (C=O) groups excluding carboxylic acids is 4. The van der Waals surface area contributed by atoms with Crippen LogP contribution in [0.15, 0.2) is 91.0 Å². The lowest BCUT2D eigenvalue weighted by Crippen LogP contribution is -2.58. The van der Waals surface area contributed by atoms with Crippen molar-refractivity contribution in [2.24, 2.45) is 5.73 Å². The maximum absolute atomic E-state index is 13.3. The van der Waals surface area contributed by atoms with Gasteiger partial charge in [0.2, 0.25) is 23.6 Å². The Bertz CT molecular complexity index is 1420. The molecular weight excluding hydrogens is 578 g/mol. The highest BCUT2D eigenvalue weighted by atomic mass is 16.4. The van der Waals surface area contributed by atoms with Crippen LogP contribution < -0.4 is 27.0 Å². The predicted octanol–water partition coefficient (Wildman–Crippen LogP) is 0.0778. The number of rotatable bonds is 16. The number of carbonyl (C=O) groups is 5. The molecule has 3 rings (SSSR count). The van der Waals surface area contributed by atoms with Crippen molar-refractivity contribution in [1.82, 2.24) is 21.3 Å². The van der Waals surface area contributed by atoms with Gasteiger partial charge in [-0.05, 0) is 30.0 Å². The van der Waals surface area contributed by atoms with Crippen molar-refractivity contribution >= 4 is 29.6 Å². The second-order valence-electron chi connectivity index (χ2n) is 10.6. The van der Waals surface area contributed by atoms with Crippen molar-refractivity contribution in [1.29, 1.82) is 0 Å². The van der Waals surface area contributed by atoms with Crippen LogP contribution in [0.4, 0.5) is 0 Å². The highest BCUT2D eigenvalue weighted by Crippen LogP contribution is 2.08. The molecule has 0 aromatic heterocycles. The first-order valence-corrected chi connectivity index (χ1v) is 14.5. The molecule has 8 N–H and O–H groups in total. The van der Waals surface area contributed by atoms with E-state index >= 15 is 0 Å². The van der Waals surface area contributed by atoms with E-state index in [4.69, 9.17) is 5.73 Å². The molecule has 0 heterocycles. The highest BCUT2D eigenvalue weighted by molar-refractivity contribution is 5.94. The molecule has 3 aromatic carbocycles. The Balaban J connectivity index is 1.62. The molecule has 0 saturated carbocycles. The Morgan fingerprint density at radius 1 is 0.644 bits per heavy atom. The van der Waals surface area contributed by atoms with E-state index in [2.05, 4.69) is 21.3 Å². The van der Waals surface area contributed by atoms with Crippen LogP contribution in [0.1, 0.15) is 23.6 Å². The molecule has 12 heteroatoms. The van der Waals surface area contributed by atoms with Crippen LogP contribution in [-0.4, -0.2) is 76.6 Å². The van der Waals surface area contributed by atoms with Gasteiger partial charge in [0.25, 0.3) is 0 Å². The van der Waals surface area contributed by atoms with Crippen LogP contribution in [0.3, 0.4) is 0 Å². The summed E-state index contributed by atoms with van der Waals surface area (Å²) in [7, 11) is 0. The van der Waals surface area contributed by atoms with Gasteiger partial charge in [0, 0.05) is 12.8 Å². The van der Waals surface area contributed by atoms with Crippen molar-refractivity contribution in [2.45, 2.75) is 56.5 Å². The summed E-state index contributed by atoms with van der Waals surface area (Å²) in [6.07, 6.45) is -1.02. The number of nitrogens with two attached hydrogens (primary N) is 1. The van der Waals surface area contributed by atoms with E-state index in [1.807, 2.05) is 6.07 Å². The Kier molecular flexibility index (Phi) is 13.2. The number of aliphatic carboxylic acids is 1. The average Bonchev–Trinajstić information content (AvgIpc) is 3.03. The minimum absolute atomic E-state index is 0.0332. The molecule has 0 saturated heterocycles. The van der Waals surface area contributed by atoms with Crippen LogP contribution in [-0.2, 0) is 43.2 Å². The third kappa shape index (κ3) is 11.5. The molecule has 12 nitrogen and oxygen atoms in total. The van der Waals surface area contributed by atoms with Crippen LogP contribution >= 0.6 is 0 Å². The Labute approximate surface area is 261 Å². The number of carboxylic acids is 1. The molecule has 0 fully saturated rings. The smallest absolute Gasteiger partial charge is 0.326 e. The zero-order valence-corrected chi connectivity index (χ0v) is 24.9. The number of hydrogen-bond acceptors (Lipinski definition) is 7. The standard InChI is InChI=1S/C33H39N5O7/c1-21(39)29(38-30(41)25(34)17-22-11-5-2-6-12-22)32(43)35-20-28(40)36-26(18-23-13-7-3-8-14-23)31(42)37-27(33(44)45)19-24-15-9-4-10-16-24/h2-16,21,25-27,29,39H,17-20,34H2,1H3,(H,35,43)(H,36,40)(H,37,42)(H,38,41)(H,44,45)/t21-,25+,26+,27+,29+/m1/s1. The largest absolute Gasteiger partial charge is 0.480 e. The van der Waals surface area contributed by atoms with E-state index in [0.29, 0.717) is 11.1 Å². The molecule has 0 radical (unpaired) electrons. The molecular formula is C33H39N5O7. The van der Waals surface area contributed by atoms with Gasteiger partial charge in [0.05, 0.1) is 18.7 Å². The van der Waals surface area contributed by atoms with Crippen LogP contribution in [0.2, 0.25) is 0 Å². The predicted molar refractivity (Wildman–Crippen MR) is 167 cm³/mol. The summed E-state index contributed by atoms with van der Waals surface area (Å²) in [6.45, 7) is 0.723. The van der Waals surface area contributed by atoms with E-state index in [-0.39, 0.29) is 19.3 Å². The van der Waals surface area contributed by atoms with Gasteiger partial charge < -0.3 is 37.2 Å². The second-order valence-corrected chi connectivity index (χ2v) is 10.6. The Morgan fingerprint density at radius 2 is 1.11 bits per heavy atom. The summed E-state index contributed by atoms with van der Waals surface area (Å²) < 4.78 is 0. The number of aliphatic hydroxyl groups is 1. The minimum atomic E-state index is -1.40. The third-order valence-corrected chi connectivity index (χ3v) is 6.95. The Morgan fingerprint density at radius 3 is 1.58 bits per heavy atom. The molecule has 3 aromatic rings. The topological polar surface area (TPSA) is 200 Å². The van der Waals surface area contributed by atoms with E-state index in [1.165, 1.54) is 6.92 Å². The number of amides is 4. The second kappa shape index (κ2) is 17.3. The first kappa shape index (κ1) is 34.4. The zero-order valence-electron chi connectivity index (χ0n) is 24.9. The van der Waals surface area contributed by atoms with E-state index in [0.717, 1.165) is 5.56 Å². The van der Waals surface area contributed by atoms with Gasteiger partial charge in [-0.15, -0.1) is 0 Å². The average molecular weight is 618 g/mol. The van der Waals surface area contributed by atoms with Gasteiger partial charge in [-0.2, -0.15) is 0 Å². The fraction of sp³-hybridized carbons (Fsp3) is 0.303. The highest BCUT2D eigenvalue weighted by Gasteiger charge is 2.30. The first-order chi connectivity index (χ1) is 21.5. The number of hydrogen-bond donors (Lipinski definition) is 7. The molecule has 0 bridgehead atoms. The van der Waals surface area contributed by atoms with E-state index < -0.39 is 66.4 Å². The number of benzene rings is 3. The maximum Gasteiger partial charge on any atom is 0.326 e. The lowest BCUT2D eigenvalue weighted by Gasteiger charge is -2.24. The summed E-state index contributed by atoms with van der Waals surface area (Å²) in [5, 5.41) is 29.8. The molecule has 4 amide bonds. The van der Waals surface area contributed by atoms with Crippen LogP contribution in [0, 0.1) is 0 Å². The lowest BCUT2D eigenvalue weighted by atomic mass is 10.0. The van der Waals surface area contributed by atoms with Crippen LogP contribution in [0.5, 0.6) is 0 Å². The molecule has 0 aliphatic heterocycles. The quantitative estimate of drug-likeness (QED) is 0.117. The van der Waals surface area contributed by atoms with Crippen molar-refractivity contribution in [3.05, 3.63) is 108 Å². The molecule has 238 valence electrons. The third-order valence-electron chi connectivity index (χ3n) is 6.95. The normalized spacial score (nSPS) is 14.1. The molecule has 45 heavy (non-hydrogen) atoms. The summed E-state index contributed by atoms with van der Waals surface area (Å²) in [5.41, 5.74) is 8.23. The van der Waals surface area contributed by atoms with Gasteiger partial charge in [0.15, 0.2) is 0 Å². The maximum atomic E-state index is 13.3.